The Morgan fingerprint density at radius 1 is 1.40 bits per heavy atom. The Balaban J connectivity index is 1.84. The monoisotopic (exact) mass is 215 g/mol. The van der Waals surface area contributed by atoms with Gasteiger partial charge in [0.05, 0.1) is 13.2 Å². The quantitative estimate of drug-likeness (QED) is 0.686. The first kappa shape index (κ1) is 12.9. The fourth-order valence-corrected chi connectivity index (χ4v) is 1.60. The minimum atomic E-state index is 0.222. The maximum absolute atomic E-state index is 5.61. The van der Waals surface area contributed by atoms with Crippen LogP contribution < -0.4 is 5.32 Å². The van der Waals surface area contributed by atoms with E-state index in [1.54, 1.807) is 0 Å². The van der Waals surface area contributed by atoms with E-state index in [2.05, 4.69) is 26.1 Å². The van der Waals surface area contributed by atoms with Gasteiger partial charge in [0.15, 0.2) is 0 Å². The van der Waals surface area contributed by atoms with Crippen molar-refractivity contribution < 1.29 is 9.47 Å². The Morgan fingerprint density at radius 2 is 2.20 bits per heavy atom. The average Bonchev–Trinajstić information content (AvgIpc) is 2.61. The molecule has 1 fully saturated rings. The molecule has 0 aliphatic carbocycles. The summed E-state index contributed by atoms with van der Waals surface area (Å²) >= 11 is 0. The summed E-state index contributed by atoms with van der Waals surface area (Å²) in [6, 6.07) is 0. The van der Waals surface area contributed by atoms with Crippen LogP contribution in [0.25, 0.3) is 0 Å². The Hall–Kier alpha value is -0.120. The average molecular weight is 215 g/mol. The molecule has 0 radical (unpaired) electrons. The van der Waals surface area contributed by atoms with Crippen molar-refractivity contribution in [1.82, 2.24) is 5.32 Å². The lowest BCUT2D eigenvalue weighted by atomic mass is 10.1. The fourth-order valence-electron chi connectivity index (χ4n) is 1.60. The summed E-state index contributed by atoms with van der Waals surface area (Å²) in [4.78, 5) is 0. The van der Waals surface area contributed by atoms with Crippen LogP contribution in [0.15, 0.2) is 0 Å². The summed E-state index contributed by atoms with van der Waals surface area (Å²) in [5, 5.41) is 3.45. The van der Waals surface area contributed by atoms with Gasteiger partial charge in [-0.15, -0.1) is 0 Å². The summed E-state index contributed by atoms with van der Waals surface area (Å²) in [5.41, 5.74) is 0.222. The second kappa shape index (κ2) is 6.46. The van der Waals surface area contributed by atoms with Crippen molar-refractivity contribution in [3.05, 3.63) is 0 Å². The third-order valence-electron chi connectivity index (χ3n) is 2.50. The lowest BCUT2D eigenvalue weighted by Gasteiger charge is -2.20. The van der Waals surface area contributed by atoms with Gasteiger partial charge in [0.1, 0.15) is 0 Å². The smallest absolute Gasteiger partial charge is 0.0517 e. The van der Waals surface area contributed by atoms with Crippen molar-refractivity contribution in [2.24, 2.45) is 5.92 Å². The highest BCUT2D eigenvalue weighted by atomic mass is 16.5. The molecular weight excluding hydrogens is 190 g/mol. The van der Waals surface area contributed by atoms with Crippen LogP contribution in [-0.2, 0) is 9.47 Å². The van der Waals surface area contributed by atoms with Gasteiger partial charge in [0.2, 0.25) is 0 Å². The van der Waals surface area contributed by atoms with E-state index in [0.29, 0.717) is 5.92 Å². The van der Waals surface area contributed by atoms with Gasteiger partial charge < -0.3 is 14.8 Å². The Labute approximate surface area is 93.5 Å². The number of ether oxygens (including phenoxy) is 2. The molecule has 1 rings (SSSR count). The molecule has 3 nitrogen and oxygen atoms in total. The zero-order valence-corrected chi connectivity index (χ0v) is 10.3. The van der Waals surface area contributed by atoms with E-state index in [4.69, 9.17) is 9.47 Å². The lowest BCUT2D eigenvalue weighted by molar-refractivity contribution is 0.0875. The number of rotatable bonds is 6. The number of hydrogen-bond donors (Lipinski definition) is 1. The molecule has 0 aromatic rings. The number of nitrogens with one attached hydrogen (secondary N) is 1. The zero-order valence-electron chi connectivity index (χ0n) is 10.3. The van der Waals surface area contributed by atoms with Gasteiger partial charge in [0, 0.05) is 24.7 Å². The Kier molecular flexibility index (Phi) is 5.58. The molecule has 1 N–H and O–H groups in total. The normalized spacial score (nSPS) is 22.2. The van der Waals surface area contributed by atoms with E-state index in [0.717, 1.165) is 39.4 Å². The van der Waals surface area contributed by atoms with Crippen LogP contribution in [0.4, 0.5) is 0 Å². The van der Waals surface area contributed by atoms with E-state index in [1.165, 1.54) is 6.42 Å². The van der Waals surface area contributed by atoms with Gasteiger partial charge >= 0.3 is 0 Å². The highest BCUT2D eigenvalue weighted by molar-refractivity contribution is 4.69. The second-order valence-electron chi connectivity index (χ2n) is 5.33. The summed E-state index contributed by atoms with van der Waals surface area (Å²) in [7, 11) is 0. The first-order chi connectivity index (χ1) is 7.08. The molecule has 1 saturated heterocycles. The number of hydrogen-bond acceptors (Lipinski definition) is 3. The van der Waals surface area contributed by atoms with Crippen LogP contribution in [0, 0.1) is 5.92 Å². The van der Waals surface area contributed by atoms with Crippen LogP contribution in [0.3, 0.4) is 0 Å². The molecular formula is C12H25NO2. The van der Waals surface area contributed by atoms with Gasteiger partial charge in [0.25, 0.3) is 0 Å². The molecule has 90 valence electrons. The van der Waals surface area contributed by atoms with Crippen LogP contribution in [0.1, 0.15) is 33.6 Å². The summed E-state index contributed by atoms with van der Waals surface area (Å²) in [6.45, 7) is 11.1. The van der Waals surface area contributed by atoms with E-state index in [9.17, 15) is 0 Å². The van der Waals surface area contributed by atoms with Crippen molar-refractivity contribution in [2.75, 3.05) is 33.0 Å². The van der Waals surface area contributed by atoms with Gasteiger partial charge in [-0.2, -0.15) is 0 Å². The topological polar surface area (TPSA) is 30.5 Å². The molecule has 0 saturated carbocycles. The van der Waals surface area contributed by atoms with Crippen molar-refractivity contribution in [2.45, 2.75) is 39.2 Å². The van der Waals surface area contributed by atoms with E-state index >= 15 is 0 Å². The molecule has 1 unspecified atom stereocenters. The summed E-state index contributed by atoms with van der Waals surface area (Å²) in [6.07, 6.45) is 2.26. The summed E-state index contributed by atoms with van der Waals surface area (Å²) in [5.74, 6) is 0.639. The predicted octanol–water partition coefficient (Wildman–Crippen LogP) is 1.82. The summed E-state index contributed by atoms with van der Waals surface area (Å²) < 4.78 is 10.9. The first-order valence-electron chi connectivity index (χ1n) is 5.98. The predicted molar refractivity (Wildman–Crippen MR) is 62.1 cm³/mol. The molecule has 1 atom stereocenters. The SMILES string of the molecule is CC(C)(C)NCCCOCC1CCOC1. The largest absolute Gasteiger partial charge is 0.381 e. The van der Waals surface area contributed by atoms with E-state index in [1.807, 2.05) is 0 Å². The molecule has 3 heteroatoms. The van der Waals surface area contributed by atoms with Crippen LogP contribution in [-0.4, -0.2) is 38.5 Å². The van der Waals surface area contributed by atoms with Crippen LogP contribution in [0.2, 0.25) is 0 Å². The third kappa shape index (κ3) is 6.88. The standard InChI is InChI=1S/C12H25NO2/c1-12(2,3)13-6-4-7-14-9-11-5-8-15-10-11/h11,13H,4-10H2,1-3H3. The highest BCUT2D eigenvalue weighted by Gasteiger charge is 2.15. The minimum absolute atomic E-state index is 0.222. The fraction of sp³-hybridized carbons (Fsp3) is 1.00. The van der Waals surface area contributed by atoms with Crippen molar-refractivity contribution in [3.63, 3.8) is 0 Å². The molecule has 1 aliphatic heterocycles. The molecule has 0 amide bonds. The van der Waals surface area contributed by atoms with Gasteiger partial charge in [-0.1, -0.05) is 0 Å². The lowest BCUT2D eigenvalue weighted by Crippen LogP contribution is -2.36. The molecule has 15 heavy (non-hydrogen) atoms. The maximum Gasteiger partial charge on any atom is 0.0517 e. The zero-order chi connectivity index (χ0) is 11.1. The van der Waals surface area contributed by atoms with Crippen LogP contribution >= 0.6 is 0 Å². The maximum atomic E-state index is 5.61. The van der Waals surface area contributed by atoms with Crippen molar-refractivity contribution >= 4 is 0 Å². The van der Waals surface area contributed by atoms with E-state index < -0.39 is 0 Å². The van der Waals surface area contributed by atoms with Crippen molar-refractivity contribution in [1.29, 1.82) is 0 Å². The third-order valence-corrected chi connectivity index (χ3v) is 2.50. The molecule has 0 aromatic heterocycles. The van der Waals surface area contributed by atoms with Gasteiger partial charge in [-0.3, -0.25) is 0 Å². The molecule has 1 aliphatic rings. The van der Waals surface area contributed by atoms with Gasteiger partial charge in [-0.05, 0) is 40.2 Å². The molecule has 1 heterocycles. The van der Waals surface area contributed by atoms with Gasteiger partial charge in [-0.25, -0.2) is 0 Å². The van der Waals surface area contributed by atoms with Crippen LogP contribution in [0.5, 0.6) is 0 Å². The minimum Gasteiger partial charge on any atom is -0.381 e. The van der Waals surface area contributed by atoms with Crippen molar-refractivity contribution in [3.8, 4) is 0 Å². The highest BCUT2D eigenvalue weighted by Crippen LogP contribution is 2.12. The second-order valence-corrected chi connectivity index (χ2v) is 5.33. The molecule has 0 spiro atoms. The molecule has 0 aromatic carbocycles. The Bertz CT molecular complexity index is 159. The first-order valence-corrected chi connectivity index (χ1v) is 5.98. The molecule has 0 bridgehead atoms. The van der Waals surface area contributed by atoms with E-state index in [-0.39, 0.29) is 5.54 Å². The Morgan fingerprint density at radius 3 is 2.80 bits per heavy atom.